The molecule has 0 heterocycles. The number of amides is 1. The predicted octanol–water partition coefficient (Wildman–Crippen LogP) is 0.993. The van der Waals surface area contributed by atoms with Gasteiger partial charge in [0.05, 0.1) is 30.1 Å². The first-order chi connectivity index (χ1) is 9.08. The molecule has 1 aromatic carbocycles. The van der Waals surface area contributed by atoms with Crippen LogP contribution in [0.25, 0.3) is 0 Å². The van der Waals surface area contributed by atoms with E-state index in [0.29, 0.717) is 30.1 Å². The van der Waals surface area contributed by atoms with Crippen molar-refractivity contribution in [3.8, 4) is 0 Å². The maximum atomic E-state index is 11.6. The van der Waals surface area contributed by atoms with E-state index in [2.05, 4.69) is 10.6 Å². The van der Waals surface area contributed by atoms with Crippen molar-refractivity contribution in [2.75, 3.05) is 30.7 Å². The second-order valence-electron chi connectivity index (χ2n) is 3.83. The fourth-order valence-corrected chi connectivity index (χ4v) is 1.49. The van der Waals surface area contributed by atoms with E-state index in [1.165, 1.54) is 0 Å². The number of anilines is 2. The number of nitrogens with two attached hydrogens (primary N) is 1. The maximum Gasteiger partial charge on any atom is 0.338 e. The van der Waals surface area contributed by atoms with E-state index in [1.54, 1.807) is 25.1 Å². The molecular weight excluding hydrogens is 246 g/mol. The summed E-state index contributed by atoms with van der Waals surface area (Å²) in [6.07, 6.45) is 0. The van der Waals surface area contributed by atoms with Crippen molar-refractivity contribution in [3.05, 3.63) is 23.8 Å². The highest BCUT2D eigenvalue weighted by Crippen LogP contribution is 2.20. The van der Waals surface area contributed by atoms with Crippen molar-refractivity contribution >= 4 is 23.3 Å². The number of hydrogen-bond acceptors (Lipinski definition) is 5. The van der Waals surface area contributed by atoms with Crippen LogP contribution in [0.15, 0.2) is 18.2 Å². The number of ether oxygens (including phenoxy) is 1. The lowest BCUT2D eigenvalue weighted by Gasteiger charge is -2.10. The lowest BCUT2D eigenvalue weighted by atomic mass is 10.1. The molecule has 19 heavy (non-hydrogen) atoms. The lowest BCUT2D eigenvalue weighted by Crippen LogP contribution is -2.29. The first-order valence-corrected chi connectivity index (χ1v) is 6.15. The molecule has 0 saturated carbocycles. The minimum absolute atomic E-state index is 0.102. The fourth-order valence-electron chi connectivity index (χ4n) is 1.49. The van der Waals surface area contributed by atoms with E-state index in [4.69, 9.17) is 10.5 Å². The van der Waals surface area contributed by atoms with Gasteiger partial charge in [-0.1, -0.05) is 0 Å². The molecule has 4 N–H and O–H groups in total. The van der Waals surface area contributed by atoms with Gasteiger partial charge >= 0.3 is 5.97 Å². The van der Waals surface area contributed by atoms with Crippen LogP contribution >= 0.6 is 0 Å². The number of likely N-dealkylation sites (N-methyl/N-ethyl adjacent to an activating group) is 1. The second kappa shape index (κ2) is 7.25. The Morgan fingerprint density at radius 1 is 1.32 bits per heavy atom. The Morgan fingerprint density at radius 3 is 2.68 bits per heavy atom. The van der Waals surface area contributed by atoms with Gasteiger partial charge in [0.1, 0.15) is 0 Å². The Bertz CT molecular complexity index is 460. The van der Waals surface area contributed by atoms with Gasteiger partial charge in [0.2, 0.25) is 5.91 Å². The van der Waals surface area contributed by atoms with Crippen molar-refractivity contribution in [1.29, 1.82) is 0 Å². The van der Waals surface area contributed by atoms with Crippen LogP contribution in [0.1, 0.15) is 24.2 Å². The number of nitrogens with one attached hydrogen (secondary N) is 2. The van der Waals surface area contributed by atoms with Crippen molar-refractivity contribution in [1.82, 2.24) is 5.32 Å². The first kappa shape index (κ1) is 14.8. The van der Waals surface area contributed by atoms with Gasteiger partial charge in [-0.15, -0.1) is 0 Å². The minimum atomic E-state index is -0.413. The molecule has 0 atom stereocenters. The predicted molar refractivity (Wildman–Crippen MR) is 74.0 cm³/mol. The van der Waals surface area contributed by atoms with Crippen LogP contribution in [-0.4, -0.2) is 31.6 Å². The summed E-state index contributed by atoms with van der Waals surface area (Å²) in [4.78, 5) is 22.9. The molecule has 1 amide bonds. The van der Waals surface area contributed by atoms with E-state index in [0.717, 1.165) is 0 Å². The molecule has 6 nitrogen and oxygen atoms in total. The molecular formula is C13H19N3O3. The summed E-state index contributed by atoms with van der Waals surface area (Å²) >= 11 is 0. The van der Waals surface area contributed by atoms with Gasteiger partial charge in [-0.25, -0.2) is 4.79 Å². The summed E-state index contributed by atoms with van der Waals surface area (Å²) in [5.41, 5.74) is 7.18. The number of carbonyl (C=O) groups excluding carboxylic acids is 2. The fraction of sp³-hybridized carbons (Fsp3) is 0.385. The highest BCUT2D eigenvalue weighted by molar-refractivity contribution is 5.92. The zero-order valence-corrected chi connectivity index (χ0v) is 11.2. The molecule has 0 aliphatic carbocycles. The van der Waals surface area contributed by atoms with E-state index in [9.17, 15) is 9.59 Å². The number of hydrogen-bond donors (Lipinski definition) is 3. The average molecular weight is 265 g/mol. The topological polar surface area (TPSA) is 93.5 Å². The third-order valence-corrected chi connectivity index (χ3v) is 2.38. The van der Waals surface area contributed by atoms with Crippen LogP contribution in [0.4, 0.5) is 11.4 Å². The highest BCUT2D eigenvalue weighted by Gasteiger charge is 2.09. The van der Waals surface area contributed by atoms with Gasteiger partial charge in [-0.3, -0.25) is 4.79 Å². The van der Waals surface area contributed by atoms with E-state index in [-0.39, 0.29) is 12.5 Å². The highest BCUT2D eigenvalue weighted by atomic mass is 16.5. The molecule has 0 fully saturated rings. The quantitative estimate of drug-likeness (QED) is 0.527. The number of benzene rings is 1. The van der Waals surface area contributed by atoms with Crippen LogP contribution in [0.2, 0.25) is 0 Å². The normalized spacial score (nSPS) is 9.79. The third-order valence-electron chi connectivity index (χ3n) is 2.38. The van der Waals surface area contributed by atoms with Gasteiger partial charge in [0.15, 0.2) is 0 Å². The monoisotopic (exact) mass is 265 g/mol. The Balaban J connectivity index is 2.74. The molecule has 6 heteroatoms. The SMILES string of the molecule is CCNC(=O)CNc1cc(C(=O)OCC)ccc1N. The number of rotatable bonds is 6. The van der Waals surface area contributed by atoms with E-state index in [1.807, 2.05) is 6.92 Å². The molecule has 0 aliphatic rings. The summed E-state index contributed by atoms with van der Waals surface area (Å²) in [5, 5.41) is 5.55. The van der Waals surface area contributed by atoms with Crippen molar-refractivity contribution in [2.24, 2.45) is 0 Å². The summed E-state index contributed by atoms with van der Waals surface area (Å²) in [5.74, 6) is -0.549. The summed E-state index contributed by atoms with van der Waals surface area (Å²) in [6, 6.07) is 4.77. The van der Waals surface area contributed by atoms with Crippen LogP contribution in [0, 0.1) is 0 Å². The van der Waals surface area contributed by atoms with Crippen molar-refractivity contribution in [3.63, 3.8) is 0 Å². The Morgan fingerprint density at radius 2 is 2.05 bits per heavy atom. The van der Waals surface area contributed by atoms with Gasteiger partial charge < -0.3 is 21.1 Å². The Labute approximate surface area is 112 Å². The smallest absolute Gasteiger partial charge is 0.338 e. The van der Waals surface area contributed by atoms with E-state index < -0.39 is 5.97 Å². The largest absolute Gasteiger partial charge is 0.462 e. The van der Waals surface area contributed by atoms with Gasteiger partial charge in [-0.05, 0) is 32.0 Å². The molecule has 0 radical (unpaired) electrons. The molecule has 0 saturated heterocycles. The average Bonchev–Trinajstić information content (AvgIpc) is 2.38. The standard InChI is InChI=1S/C13H19N3O3/c1-3-15-12(17)8-16-11-7-9(5-6-10(11)14)13(18)19-4-2/h5-7,16H,3-4,8,14H2,1-2H3,(H,15,17). The second-order valence-corrected chi connectivity index (χ2v) is 3.83. The lowest BCUT2D eigenvalue weighted by molar-refractivity contribution is -0.119. The summed E-state index contributed by atoms with van der Waals surface area (Å²) < 4.78 is 4.90. The van der Waals surface area contributed by atoms with Crippen molar-refractivity contribution in [2.45, 2.75) is 13.8 Å². The molecule has 0 spiro atoms. The molecule has 0 unspecified atom stereocenters. The Hall–Kier alpha value is -2.24. The van der Waals surface area contributed by atoms with Crippen LogP contribution < -0.4 is 16.4 Å². The Kier molecular flexibility index (Phi) is 5.66. The molecule has 1 rings (SSSR count). The molecule has 1 aromatic rings. The first-order valence-electron chi connectivity index (χ1n) is 6.15. The minimum Gasteiger partial charge on any atom is -0.462 e. The molecule has 0 aromatic heterocycles. The van der Waals surface area contributed by atoms with Crippen LogP contribution in [0.5, 0.6) is 0 Å². The molecule has 0 bridgehead atoms. The number of esters is 1. The number of nitrogen functional groups attached to an aromatic ring is 1. The van der Waals surface area contributed by atoms with Crippen LogP contribution in [0.3, 0.4) is 0 Å². The zero-order valence-electron chi connectivity index (χ0n) is 11.2. The van der Waals surface area contributed by atoms with Gasteiger partial charge in [-0.2, -0.15) is 0 Å². The summed E-state index contributed by atoms with van der Waals surface area (Å²) in [6.45, 7) is 4.56. The number of carbonyl (C=O) groups is 2. The van der Waals surface area contributed by atoms with Gasteiger partial charge in [0.25, 0.3) is 0 Å². The van der Waals surface area contributed by atoms with Gasteiger partial charge in [0, 0.05) is 6.54 Å². The van der Waals surface area contributed by atoms with Crippen molar-refractivity contribution < 1.29 is 14.3 Å². The van der Waals surface area contributed by atoms with E-state index >= 15 is 0 Å². The maximum absolute atomic E-state index is 11.6. The molecule has 0 aliphatic heterocycles. The van der Waals surface area contributed by atoms with Crippen LogP contribution in [-0.2, 0) is 9.53 Å². The third kappa shape index (κ3) is 4.50. The zero-order chi connectivity index (χ0) is 14.3. The summed E-state index contributed by atoms with van der Waals surface area (Å²) in [7, 11) is 0. The molecule has 104 valence electrons.